The Balaban J connectivity index is 3.32. The average molecular weight is 341 g/mol. The Morgan fingerprint density at radius 2 is 1.80 bits per heavy atom. The van der Waals surface area contributed by atoms with E-state index in [9.17, 15) is 18.5 Å². The van der Waals surface area contributed by atoms with Crippen molar-refractivity contribution in [1.29, 1.82) is 0 Å². The summed E-state index contributed by atoms with van der Waals surface area (Å²) in [6, 6.07) is 3.73. The number of alkyl halides is 2. The van der Waals surface area contributed by atoms with Crippen molar-refractivity contribution in [2.75, 3.05) is 24.8 Å². The number of nitro groups is 1. The van der Waals surface area contributed by atoms with Crippen molar-refractivity contribution in [3.05, 3.63) is 33.9 Å². The molecule has 0 heterocycles. The maximum absolute atomic E-state index is 12.5. The molecule has 0 atom stereocenters. The van der Waals surface area contributed by atoms with Crippen molar-refractivity contribution < 1.29 is 13.3 Å². The van der Waals surface area contributed by atoms with Crippen LogP contribution in [0.15, 0.2) is 23.1 Å². The molecule has 9 heteroatoms. The topological polar surface area (TPSA) is 80.5 Å². The summed E-state index contributed by atoms with van der Waals surface area (Å²) in [5, 5.41) is 10.8. The molecule has 112 valence electrons. The van der Waals surface area contributed by atoms with Crippen LogP contribution in [0.1, 0.15) is 5.56 Å². The van der Waals surface area contributed by atoms with Gasteiger partial charge in [0.15, 0.2) is 0 Å². The molecule has 1 aromatic carbocycles. The van der Waals surface area contributed by atoms with Crippen molar-refractivity contribution >= 4 is 38.9 Å². The average Bonchev–Trinajstić information content (AvgIpc) is 2.38. The van der Waals surface area contributed by atoms with Crippen LogP contribution in [0.5, 0.6) is 0 Å². The van der Waals surface area contributed by atoms with Crippen LogP contribution in [-0.2, 0) is 10.0 Å². The summed E-state index contributed by atoms with van der Waals surface area (Å²) in [6.45, 7) is 1.77. The summed E-state index contributed by atoms with van der Waals surface area (Å²) >= 11 is 11.2. The maximum Gasteiger partial charge on any atom is 0.270 e. The van der Waals surface area contributed by atoms with E-state index in [4.69, 9.17) is 23.2 Å². The van der Waals surface area contributed by atoms with Gasteiger partial charge in [-0.1, -0.05) is 6.07 Å². The van der Waals surface area contributed by atoms with Crippen molar-refractivity contribution in [2.45, 2.75) is 11.8 Å². The number of nitrogens with zero attached hydrogens (tertiary/aromatic N) is 2. The van der Waals surface area contributed by atoms with E-state index in [2.05, 4.69) is 0 Å². The van der Waals surface area contributed by atoms with Gasteiger partial charge < -0.3 is 0 Å². The van der Waals surface area contributed by atoms with Crippen molar-refractivity contribution in [3.8, 4) is 0 Å². The molecule has 0 saturated carbocycles. The lowest BCUT2D eigenvalue weighted by Gasteiger charge is -2.21. The molecule has 0 amide bonds. The van der Waals surface area contributed by atoms with Crippen molar-refractivity contribution in [2.24, 2.45) is 0 Å². The third kappa shape index (κ3) is 3.82. The van der Waals surface area contributed by atoms with Crippen LogP contribution in [0, 0.1) is 17.0 Å². The molecule has 0 aromatic heterocycles. The molecule has 1 aromatic rings. The molecule has 20 heavy (non-hydrogen) atoms. The smallest absolute Gasteiger partial charge is 0.258 e. The first-order chi connectivity index (χ1) is 9.34. The van der Waals surface area contributed by atoms with Crippen LogP contribution >= 0.6 is 23.2 Å². The fourth-order valence-corrected chi connectivity index (χ4v) is 3.95. The van der Waals surface area contributed by atoms with Crippen LogP contribution in [0.25, 0.3) is 0 Å². The van der Waals surface area contributed by atoms with Gasteiger partial charge in [0.25, 0.3) is 5.69 Å². The van der Waals surface area contributed by atoms with Gasteiger partial charge in [-0.05, 0) is 12.5 Å². The van der Waals surface area contributed by atoms with Gasteiger partial charge in [-0.2, -0.15) is 4.31 Å². The Morgan fingerprint density at radius 3 is 2.25 bits per heavy atom. The Labute approximate surface area is 127 Å². The highest BCUT2D eigenvalue weighted by Crippen LogP contribution is 2.24. The fraction of sp³-hybridized carbons (Fsp3) is 0.455. The molecule has 0 unspecified atom stereocenters. The van der Waals surface area contributed by atoms with Gasteiger partial charge >= 0.3 is 0 Å². The predicted octanol–water partition coefficient (Wildman–Crippen LogP) is 2.37. The summed E-state index contributed by atoms with van der Waals surface area (Å²) in [5.41, 5.74) is 0.163. The summed E-state index contributed by atoms with van der Waals surface area (Å²) in [5.74, 6) is 0.230. The highest BCUT2D eigenvalue weighted by atomic mass is 35.5. The summed E-state index contributed by atoms with van der Waals surface area (Å²) < 4.78 is 26.1. The summed E-state index contributed by atoms with van der Waals surface area (Å²) in [6.07, 6.45) is 0. The lowest BCUT2D eigenvalue weighted by molar-refractivity contribution is -0.385. The van der Waals surface area contributed by atoms with Crippen LogP contribution in [0.3, 0.4) is 0 Å². The molecule has 0 bridgehead atoms. The Morgan fingerprint density at radius 1 is 1.25 bits per heavy atom. The molecule has 0 aliphatic heterocycles. The SMILES string of the molecule is Cc1ccc([N+](=O)[O-])cc1S(=O)(=O)N(CCCl)CCCl. The van der Waals surface area contributed by atoms with Gasteiger partial charge in [0.05, 0.1) is 9.82 Å². The molecule has 0 N–H and O–H groups in total. The van der Waals surface area contributed by atoms with Gasteiger partial charge in [0.1, 0.15) is 0 Å². The number of sulfonamides is 1. The van der Waals surface area contributed by atoms with Gasteiger partial charge in [0.2, 0.25) is 10.0 Å². The standard InChI is InChI=1S/C11H14Cl2N2O4S/c1-9-2-3-10(15(16)17)8-11(9)20(18,19)14(6-4-12)7-5-13/h2-3,8H,4-7H2,1H3. The van der Waals surface area contributed by atoms with Gasteiger partial charge in [-0.15, -0.1) is 23.2 Å². The minimum absolute atomic E-state index is 0.0954. The van der Waals surface area contributed by atoms with Gasteiger partial charge in [-0.3, -0.25) is 10.1 Å². The Kier molecular flexibility index (Phi) is 6.19. The molecular weight excluding hydrogens is 327 g/mol. The first-order valence-electron chi connectivity index (χ1n) is 5.71. The van der Waals surface area contributed by atoms with Crippen molar-refractivity contribution in [3.63, 3.8) is 0 Å². The monoisotopic (exact) mass is 340 g/mol. The lowest BCUT2D eigenvalue weighted by atomic mass is 10.2. The zero-order chi connectivity index (χ0) is 15.3. The summed E-state index contributed by atoms with van der Waals surface area (Å²) in [7, 11) is -3.85. The fourth-order valence-electron chi connectivity index (χ4n) is 1.66. The number of non-ortho nitro benzene ring substituents is 1. The molecule has 6 nitrogen and oxygen atoms in total. The largest absolute Gasteiger partial charge is 0.270 e. The second-order valence-corrected chi connectivity index (χ2v) is 6.65. The number of hydrogen-bond donors (Lipinski definition) is 0. The van der Waals surface area contributed by atoms with Crippen LogP contribution in [-0.4, -0.2) is 42.5 Å². The second kappa shape index (κ2) is 7.21. The highest BCUT2D eigenvalue weighted by Gasteiger charge is 2.27. The lowest BCUT2D eigenvalue weighted by Crippen LogP contribution is -2.34. The number of nitro benzene ring substituents is 1. The number of rotatable bonds is 7. The third-order valence-corrected chi connectivity index (χ3v) is 5.05. The molecule has 0 fully saturated rings. The zero-order valence-corrected chi connectivity index (χ0v) is 13.1. The molecule has 0 radical (unpaired) electrons. The van der Waals surface area contributed by atoms with Crippen LogP contribution in [0.4, 0.5) is 5.69 Å². The van der Waals surface area contributed by atoms with Gasteiger partial charge in [-0.25, -0.2) is 8.42 Å². The third-order valence-electron chi connectivity index (χ3n) is 2.67. The number of halogens is 2. The van der Waals surface area contributed by atoms with E-state index < -0.39 is 14.9 Å². The van der Waals surface area contributed by atoms with E-state index in [-0.39, 0.29) is 35.4 Å². The van der Waals surface area contributed by atoms with E-state index in [1.807, 2.05) is 0 Å². The van der Waals surface area contributed by atoms with Crippen molar-refractivity contribution in [1.82, 2.24) is 4.31 Å². The summed E-state index contributed by atoms with van der Waals surface area (Å²) in [4.78, 5) is 10.0. The maximum atomic E-state index is 12.5. The minimum Gasteiger partial charge on any atom is -0.258 e. The van der Waals surface area contributed by atoms with Crippen LogP contribution in [0.2, 0.25) is 0 Å². The van der Waals surface area contributed by atoms with E-state index in [1.165, 1.54) is 12.1 Å². The van der Waals surface area contributed by atoms with E-state index in [0.717, 1.165) is 10.4 Å². The molecule has 0 spiro atoms. The molecule has 0 saturated heterocycles. The molecule has 1 rings (SSSR count). The number of benzene rings is 1. The minimum atomic E-state index is -3.85. The van der Waals surface area contributed by atoms with Gasteiger partial charge in [0, 0.05) is 37.0 Å². The second-order valence-electron chi connectivity index (χ2n) is 3.99. The Bertz CT molecular complexity index is 586. The van der Waals surface area contributed by atoms with Crippen LogP contribution < -0.4 is 0 Å². The van der Waals surface area contributed by atoms with E-state index >= 15 is 0 Å². The Hall–Kier alpha value is -0.890. The number of aryl methyl sites for hydroxylation is 1. The molecular formula is C11H14Cl2N2O4S. The van der Waals surface area contributed by atoms with E-state index in [1.54, 1.807) is 6.92 Å². The highest BCUT2D eigenvalue weighted by molar-refractivity contribution is 7.89. The first kappa shape index (κ1) is 17.2. The predicted molar refractivity (Wildman–Crippen MR) is 78.0 cm³/mol. The normalized spacial score (nSPS) is 11.8. The van der Waals surface area contributed by atoms with E-state index in [0.29, 0.717) is 5.56 Å². The molecule has 0 aliphatic carbocycles. The quantitative estimate of drug-likeness (QED) is 0.433. The molecule has 0 aliphatic rings. The number of hydrogen-bond acceptors (Lipinski definition) is 4. The zero-order valence-electron chi connectivity index (χ0n) is 10.8. The first-order valence-corrected chi connectivity index (χ1v) is 8.22.